The number of carbonyl (C=O) groups excluding carboxylic acids is 1. The fraction of sp³-hybridized carbons (Fsp3) is 0.923. The molecule has 2 saturated carbocycles. The van der Waals surface area contributed by atoms with Gasteiger partial charge in [0.1, 0.15) is 6.04 Å². The third-order valence-corrected chi connectivity index (χ3v) is 3.86. The molecular weight excluding hydrogens is 216 g/mol. The fourth-order valence-corrected chi connectivity index (χ4v) is 2.30. The molecule has 1 unspecified atom stereocenters. The van der Waals surface area contributed by atoms with Crippen LogP contribution in [0.25, 0.3) is 0 Å². The number of hydrogen-bond donors (Lipinski definition) is 1. The Morgan fingerprint density at radius 2 is 2.00 bits per heavy atom. The second kappa shape index (κ2) is 4.94. The molecule has 1 saturated heterocycles. The number of ether oxygens (including phenoxy) is 1. The van der Waals surface area contributed by atoms with Gasteiger partial charge in [-0.25, -0.2) is 5.43 Å². The average Bonchev–Trinajstić information content (AvgIpc) is 3.19. The van der Waals surface area contributed by atoms with Crippen molar-refractivity contribution in [2.75, 3.05) is 19.8 Å². The lowest BCUT2D eigenvalue weighted by atomic mass is 10.1. The van der Waals surface area contributed by atoms with E-state index in [1.807, 2.05) is 0 Å². The summed E-state index contributed by atoms with van der Waals surface area (Å²) in [5.41, 5.74) is 3.24. The van der Waals surface area contributed by atoms with Crippen molar-refractivity contribution in [2.24, 2.45) is 11.8 Å². The van der Waals surface area contributed by atoms with E-state index in [1.165, 1.54) is 25.7 Å². The Morgan fingerprint density at radius 3 is 2.65 bits per heavy atom. The molecule has 1 N–H and O–H groups in total. The van der Waals surface area contributed by atoms with Gasteiger partial charge in [-0.05, 0) is 37.5 Å². The topological polar surface area (TPSA) is 41.6 Å². The van der Waals surface area contributed by atoms with Crippen LogP contribution in [0.5, 0.6) is 0 Å². The maximum Gasteiger partial charge on any atom is 0.255 e. The molecule has 1 atom stereocenters. The summed E-state index contributed by atoms with van der Waals surface area (Å²) in [6, 6.07) is 0.120. The molecule has 2 aliphatic carbocycles. The van der Waals surface area contributed by atoms with Gasteiger partial charge in [-0.15, -0.1) is 0 Å². The number of carbonyl (C=O) groups is 1. The predicted octanol–water partition coefficient (Wildman–Crippen LogP) is 1.32. The first-order chi connectivity index (χ1) is 8.33. The lowest BCUT2D eigenvalue weighted by Crippen LogP contribution is -2.66. The predicted molar refractivity (Wildman–Crippen MR) is 64.1 cm³/mol. The van der Waals surface area contributed by atoms with Gasteiger partial charge in [-0.3, -0.25) is 9.80 Å². The van der Waals surface area contributed by atoms with Crippen molar-refractivity contribution < 1.29 is 9.53 Å². The van der Waals surface area contributed by atoms with Crippen LogP contribution in [0.15, 0.2) is 0 Å². The van der Waals surface area contributed by atoms with Gasteiger partial charge in [-0.1, -0.05) is 12.8 Å². The van der Waals surface area contributed by atoms with E-state index in [1.54, 1.807) is 5.01 Å². The van der Waals surface area contributed by atoms with E-state index in [9.17, 15) is 4.79 Å². The molecule has 1 amide bonds. The van der Waals surface area contributed by atoms with E-state index < -0.39 is 0 Å². The van der Waals surface area contributed by atoms with Crippen LogP contribution in [0, 0.1) is 11.8 Å². The van der Waals surface area contributed by atoms with Crippen molar-refractivity contribution in [1.82, 2.24) is 10.4 Å². The number of nitrogens with zero attached hydrogens (tertiary/aromatic N) is 1. The Balaban J connectivity index is 1.22. The Labute approximate surface area is 103 Å². The summed E-state index contributed by atoms with van der Waals surface area (Å²) >= 11 is 0. The highest BCUT2D eigenvalue weighted by Gasteiger charge is 2.39. The highest BCUT2D eigenvalue weighted by molar-refractivity contribution is 5.86. The zero-order chi connectivity index (χ0) is 11.7. The second-order valence-electron chi connectivity index (χ2n) is 5.72. The van der Waals surface area contributed by atoms with Gasteiger partial charge in [0.2, 0.25) is 0 Å². The molecule has 0 spiro atoms. The number of rotatable bonds is 8. The zero-order valence-corrected chi connectivity index (χ0v) is 10.4. The standard InChI is InChI=1S/C13H22N2O2/c16-13-12(8-10-2-3-10)14-15(13)6-1-7-17-9-11-4-5-11/h10-12,14H,1-9H2. The maximum atomic E-state index is 11.7. The first kappa shape index (κ1) is 11.5. The zero-order valence-electron chi connectivity index (χ0n) is 10.4. The van der Waals surface area contributed by atoms with Gasteiger partial charge in [0.05, 0.1) is 0 Å². The van der Waals surface area contributed by atoms with Gasteiger partial charge in [0, 0.05) is 19.8 Å². The first-order valence-electron chi connectivity index (χ1n) is 6.98. The second-order valence-corrected chi connectivity index (χ2v) is 5.72. The molecule has 0 radical (unpaired) electrons. The summed E-state index contributed by atoms with van der Waals surface area (Å²) in [6.45, 7) is 2.51. The highest BCUT2D eigenvalue weighted by Crippen LogP contribution is 2.35. The van der Waals surface area contributed by atoms with E-state index >= 15 is 0 Å². The number of amides is 1. The smallest absolute Gasteiger partial charge is 0.255 e. The van der Waals surface area contributed by atoms with Crippen LogP contribution in [-0.2, 0) is 9.53 Å². The molecule has 4 heteroatoms. The van der Waals surface area contributed by atoms with Crippen molar-refractivity contribution in [3.8, 4) is 0 Å². The molecule has 1 heterocycles. The molecular formula is C13H22N2O2. The molecule has 0 aromatic carbocycles. The van der Waals surface area contributed by atoms with E-state index in [4.69, 9.17) is 4.74 Å². The summed E-state index contributed by atoms with van der Waals surface area (Å²) in [4.78, 5) is 11.7. The Kier molecular flexibility index (Phi) is 3.34. The summed E-state index contributed by atoms with van der Waals surface area (Å²) in [5, 5.41) is 1.76. The quantitative estimate of drug-likeness (QED) is 0.648. The largest absolute Gasteiger partial charge is 0.381 e. The normalized spacial score (nSPS) is 28.4. The van der Waals surface area contributed by atoms with Gasteiger partial charge >= 0.3 is 0 Å². The van der Waals surface area contributed by atoms with Crippen LogP contribution in [0.1, 0.15) is 38.5 Å². The van der Waals surface area contributed by atoms with E-state index in [0.29, 0.717) is 5.91 Å². The van der Waals surface area contributed by atoms with Crippen LogP contribution >= 0.6 is 0 Å². The Bertz CT molecular complexity index is 287. The van der Waals surface area contributed by atoms with Crippen molar-refractivity contribution in [2.45, 2.75) is 44.6 Å². The van der Waals surface area contributed by atoms with E-state index in [-0.39, 0.29) is 6.04 Å². The molecule has 0 bridgehead atoms. The van der Waals surface area contributed by atoms with Crippen molar-refractivity contribution in [1.29, 1.82) is 0 Å². The third kappa shape index (κ3) is 3.19. The van der Waals surface area contributed by atoms with Crippen LogP contribution < -0.4 is 5.43 Å². The molecule has 4 nitrogen and oxygen atoms in total. The van der Waals surface area contributed by atoms with Crippen molar-refractivity contribution in [3.63, 3.8) is 0 Å². The number of hydrogen-bond acceptors (Lipinski definition) is 3. The maximum absolute atomic E-state index is 11.7. The fourth-order valence-electron chi connectivity index (χ4n) is 2.30. The lowest BCUT2D eigenvalue weighted by Gasteiger charge is -2.39. The highest BCUT2D eigenvalue weighted by atomic mass is 16.5. The summed E-state index contributed by atoms with van der Waals surface area (Å²) in [7, 11) is 0. The average molecular weight is 238 g/mol. The van der Waals surface area contributed by atoms with Crippen molar-refractivity contribution >= 4 is 5.91 Å². The molecule has 3 fully saturated rings. The number of nitrogens with one attached hydrogen (secondary N) is 1. The third-order valence-electron chi connectivity index (χ3n) is 3.86. The summed E-state index contributed by atoms with van der Waals surface area (Å²) in [5.74, 6) is 1.95. The van der Waals surface area contributed by atoms with Gasteiger partial charge in [0.15, 0.2) is 0 Å². The SMILES string of the molecule is O=C1C(CC2CC2)NN1CCCOCC1CC1. The minimum absolute atomic E-state index is 0.120. The van der Waals surface area contributed by atoms with Gasteiger partial charge in [-0.2, -0.15) is 0 Å². The molecule has 3 aliphatic rings. The van der Waals surface area contributed by atoms with Crippen LogP contribution in [0.2, 0.25) is 0 Å². The molecule has 1 aliphatic heterocycles. The lowest BCUT2D eigenvalue weighted by molar-refractivity contribution is -0.153. The van der Waals surface area contributed by atoms with E-state index in [0.717, 1.165) is 44.4 Å². The van der Waals surface area contributed by atoms with Crippen LogP contribution in [0.4, 0.5) is 0 Å². The number of hydrazine groups is 1. The molecule has 3 rings (SSSR count). The minimum Gasteiger partial charge on any atom is -0.381 e. The van der Waals surface area contributed by atoms with E-state index in [2.05, 4.69) is 5.43 Å². The molecule has 96 valence electrons. The summed E-state index contributed by atoms with van der Waals surface area (Å²) in [6.07, 6.45) is 7.32. The summed E-state index contributed by atoms with van der Waals surface area (Å²) < 4.78 is 5.55. The van der Waals surface area contributed by atoms with Gasteiger partial charge in [0.25, 0.3) is 5.91 Å². The van der Waals surface area contributed by atoms with Crippen LogP contribution in [0.3, 0.4) is 0 Å². The van der Waals surface area contributed by atoms with Crippen molar-refractivity contribution in [3.05, 3.63) is 0 Å². The monoisotopic (exact) mass is 238 g/mol. The minimum atomic E-state index is 0.120. The Hall–Kier alpha value is -0.610. The molecule has 17 heavy (non-hydrogen) atoms. The first-order valence-corrected chi connectivity index (χ1v) is 6.98. The Morgan fingerprint density at radius 1 is 1.24 bits per heavy atom. The van der Waals surface area contributed by atoms with Gasteiger partial charge < -0.3 is 4.74 Å². The van der Waals surface area contributed by atoms with Crippen LogP contribution in [-0.4, -0.2) is 36.7 Å². The molecule has 0 aromatic rings. The molecule has 0 aromatic heterocycles.